The molecule has 2 N–H and O–H groups in total. The van der Waals surface area contributed by atoms with Gasteiger partial charge in [0, 0.05) is 32.7 Å². The predicted octanol–water partition coefficient (Wildman–Crippen LogP) is 1.37. The largest absolute Gasteiger partial charge is 0.454 e. The third kappa shape index (κ3) is 5.24. The first-order valence-electron chi connectivity index (χ1n) is 8.88. The quantitative estimate of drug-likeness (QED) is 0.812. The molecule has 0 radical (unpaired) electrons. The fraction of sp³-hybridized carbons (Fsp3) is 0.611. The second kappa shape index (κ2) is 8.40. The summed E-state index contributed by atoms with van der Waals surface area (Å²) in [6.45, 7) is 8.33. The summed E-state index contributed by atoms with van der Waals surface area (Å²) in [6, 6.07) is 5.73. The maximum atomic E-state index is 11.9. The molecule has 2 amide bonds. The van der Waals surface area contributed by atoms with E-state index in [1.165, 1.54) is 0 Å². The number of ether oxygens (including phenoxy) is 3. The summed E-state index contributed by atoms with van der Waals surface area (Å²) >= 11 is 0. The van der Waals surface area contributed by atoms with Crippen LogP contribution in [-0.4, -0.2) is 62.7 Å². The van der Waals surface area contributed by atoms with Crippen molar-refractivity contribution < 1.29 is 19.0 Å². The van der Waals surface area contributed by atoms with Gasteiger partial charge in [-0.2, -0.15) is 0 Å². The van der Waals surface area contributed by atoms with E-state index in [1.807, 2.05) is 18.2 Å². The molecule has 0 saturated carbocycles. The first-order valence-corrected chi connectivity index (χ1v) is 8.88. The summed E-state index contributed by atoms with van der Waals surface area (Å²) in [5, 5.41) is 5.80. The molecule has 2 aliphatic rings. The maximum Gasteiger partial charge on any atom is 0.314 e. The summed E-state index contributed by atoms with van der Waals surface area (Å²) in [4.78, 5) is 14.2. The van der Waals surface area contributed by atoms with Crippen molar-refractivity contribution in [2.75, 3.05) is 39.5 Å². The molecule has 7 nitrogen and oxygen atoms in total. The summed E-state index contributed by atoms with van der Waals surface area (Å²) in [7, 11) is 0. The fourth-order valence-corrected chi connectivity index (χ4v) is 3.27. The van der Waals surface area contributed by atoms with Crippen molar-refractivity contribution in [1.29, 1.82) is 0 Å². The van der Waals surface area contributed by atoms with Crippen LogP contribution >= 0.6 is 0 Å². The lowest BCUT2D eigenvalue weighted by Crippen LogP contribution is -2.48. The van der Waals surface area contributed by atoms with Crippen molar-refractivity contribution in [1.82, 2.24) is 15.5 Å². The Morgan fingerprint density at radius 3 is 2.64 bits per heavy atom. The zero-order valence-corrected chi connectivity index (χ0v) is 14.9. The Hall–Kier alpha value is -1.99. The number of nitrogens with one attached hydrogen (secondary N) is 2. The van der Waals surface area contributed by atoms with E-state index >= 15 is 0 Å². The van der Waals surface area contributed by atoms with Gasteiger partial charge >= 0.3 is 6.03 Å². The van der Waals surface area contributed by atoms with Crippen molar-refractivity contribution in [3.05, 3.63) is 23.8 Å². The molecule has 2 heterocycles. The summed E-state index contributed by atoms with van der Waals surface area (Å²) in [6.07, 6.45) is 1.25. The number of benzene rings is 1. The van der Waals surface area contributed by atoms with Gasteiger partial charge in [0.05, 0.1) is 12.2 Å². The van der Waals surface area contributed by atoms with Gasteiger partial charge < -0.3 is 24.8 Å². The minimum atomic E-state index is -0.130. The fourth-order valence-electron chi connectivity index (χ4n) is 3.27. The number of carbonyl (C=O) groups is 1. The smallest absolute Gasteiger partial charge is 0.314 e. The maximum absolute atomic E-state index is 11.9. The Labute approximate surface area is 148 Å². The average molecular weight is 349 g/mol. The zero-order valence-electron chi connectivity index (χ0n) is 14.9. The van der Waals surface area contributed by atoms with Crippen LogP contribution in [0.5, 0.6) is 11.5 Å². The van der Waals surface area contributed by atoms with Crippen LogP contribution in [0.3, 0.4) is 0 Å². The number of morpholine rings is 1. The molecule has 1 saturated heterocycles. The van der Waals surface area contributed by atoms with Crippen LogP contribution in [0.1, 0.15) is 19.4 Å². The topological polar surface area (TPSA) is 72.1 Å². The van der Waals surface area contributed by atoms with Gasteiger partial charge in [-0.1, -0.05) is 6.07 Å². The minimum absolute atomic E-state index is 0.130. The molecule has 2 aliphatic heterocycles. The van der Waals surface area contributed by atoms with E-state index in [0.29, 0.717) is 13.1 Å². The van der Waals surface area contributed by atoms with Gasteiger partial charge in [0.1, 0.15) is 0 Å². The lowest BCUT2D eigenvalue weighted by atomic mass is 10.1. The highest BCUT2D eigenvalue weighted by atomic mass is 16.7. The van der Waals surface area contributed by atoms with Crippen LogP contribution in [0.4, 0.5) is 4.79 Å². The van der Waals surface area contributed by atoms with Gasteiger partial charge in [-0.25, -0.2) is 4.79 Å². The lowest BCUT2D eigenvalue weighted by Gasteiger charge is -2.35. The van der Waals surface area contributed by atoms with Crippen LogP contribution in [0.25, 0.3) is 0 Å². The molecule has 0 aromatic heterocycles. The van der Waals surface area contributed by atoms with Gasteiger partial charge in [-0.3, -0.25) is 4.90 Å². The van der Waals surface area contributed by atoms with Crippen molar-refractivity contribution in [2.24, 2.45) is 0 Å². The van der Waals surface area contributed by atoms with E-state index in [0.717, 1.165) is 43.1 Å². The number of hydrogen-bond acceptors (Lipinski definition) is 5. The second-order valence-corrected chi connectivity index (χ2v) is 6.64. The zero-order chi connectivity index (χ0) is 17.6. The molecule has 7 heteroatoms. The molecule has 1 aromatic carbocycles. The molecule has 0 unspecified atom stereocenters. The molecule has 1 fully saturated rings. The number of rotatable bonds is 6. The van der Waals surface area contributed by atoms with E-state index in [9.17, 15) is 4.79 Å². The van der Waals surface area contributed by atoms with Crippen LogP contribution < -0.4 is 20.1 Å². The molecule has 0 spiro atoms. The van der Waals surface area contributed by atoms with E-state index in [-0.39, 0.29) is 25.0 Å². The number of hydrogen-bond donors (Lipinski definition) is 2. The van der Waals surface area contributed by atoms with E-state index in [2.05, 4.69) is 29.4 Å². The highest BCUT2D eigenvalue weighted by Crippen LogP contribution is 2.32. The number of carbonyl (C=O) groups excluding carboxylic acids is 1. The Kier molecular flexibility index (Phi) is 5.99. The number of amides is 2. The van der Waals surface area contributed by atoms with Crippen LogP contribution in [0.2, 0.25) is 0 Å². The molecule has 2 atom stereocenters. The Bertz CT molecular complexity index is 586. The van der Waals surface area contributed by atoms with E-state index in [1.54, 1.807) is 0 Å². The molecule has 0 aliphatic carbocycles. The molecule has 25 heavy (non-hydrogen) atoms. The lowest BCUT2D eigenvalue weighted by molar-refractivity contribution is -0.0672. The first-order chi connectivity index (χ1) is 12.1. The van der Waals surface area contributed by atoms with Gasteiger partial charge in [0.15, 0.2) is 11.5 Å². The van der Waals surface area contributed by atoms with Crippen molar-refractivity contribution in [3.8, 4) is 11.5 Å². The van der Waals surface area contributed by atoms with Gasteiger partial charge in [-0.05, 0) is 38.0 Å². The SMILES string of the molecule is C[C@@H]1CN(CCNC(=O)NCCc2ccc3c(c2)OCO3)C[C@H](C)O1. The molecular formula is C18H27N3O4. The van der Waals surface area contributed by atoms with E-state index < -0.39 is 0 Å². The first kappa shape index (κ1) is 17.8. The highest BCUT2D eigenvalue weighted by molar-refractivity contribution is 5.73. The Balaban J connectivity index is 1.30. The number of fused-ring (bicyclic) bond motifs is 1. The number of nitrogens with zero attached hydrogens (tertiary/aromatic N) is 1. The minimum Gasteiger partial charge on any atom is -0.454 e. The van der Waals surface area contributed by atoms with E-state index in [4.69, 9.17) is 14.2 Å². The summed E-state index contributed by atoms with van der Waals surface area (Å²) < 4.78 is 16.4. The van der Waals surface area contributed by atoms with Crippen LogP contribution in [-0.2, 0) is 11.2 Å². The van der Waals surface area contributed by atoms with Gasteiger partial charge in [0.2, 0.25) is 6.79 Å². The van der Waals surface area contributed by atoms with Crippen molar-refractivity contribution in [3.63, 3.8) is 0 Å². The molecule has 1 aromatic rings. The summed E-state index contributed by atoms with van der Waals surface area (Å²) in [5.74, 6) is 1.55. The Morgan fingerprint density at radius 1 is 1.12 bits per heavy atom. The van der Waals surface area contributed by atoms with Crippen LogP contribution in [0, 0.1) is 0 Å². The molecule has 3 rings (SSSR count). The third-order valence-corrected chi connectivity index (χ3v) is 4.35. The third-order valence-electron chi connectivity index (χ3n) is 4.35. The molecular weight excluding hydrogens is 322 g/mol. The average Bonchev–Trinajstić information content (AvgIpc) is 3.01. The molecule has 138 valence electrons. The number of urea groups is 1. The predicted molar refractivity (Wildman–Crippen MR) is 94.1 cm³/mol. The monoisotopic (exact) mass is 349 g/mol. The van der Waals surface area contributed by atoms with Gasteiger partial charge in [0.25, 0.3) is 0 Å². The van der Waals surface area contributed by atoms with Crippen molar-refractivity contribution >= 4 is 6.03 Å². The standard InChI is InChI=1S/C18H27N3O4/c1-13-10-21(11-14(2)25-13)8-7-20-18(22)19-6-5-15-3-4-16-17(9-15)24-12-23-16/h3-4,9,13-14H,5-8,10-12H2,1-2H3,(H2,19,20,22)/t13-,14+. The highest BCUT2D eigenvalue weighted by Gasteiger charge is 2.21. The second-order valence-electron chi connectivity index (χ2n) is 6.64. The normalized spacial score (nSPS) is 22.6. The van der Waals surface area contributed by atoms with Crippen LogP contribution in [0.15, 0.2) is 18.2 Å². The Morgan fingerprint density at radius 2 is 1.84 bits per heavy atom. The summed E-state index contributed by atoms with van der Waals surface area (Å²) in [5.41, 5.74) is 1.11. The molecule has 0 bridgehead atoms. The van der Waals surface area contributed by atoms with Crippen molar-refractivity contribution in [2.45, 2.75) is 32.5 Å². The van der Waals surface area contributed by atoms with Gasteiger partial charge in [-0.15, -0.1) is 0 Å².